The molecule has 0 radical (unpaired) electrons. The van der Waals surface area contributed by atoms with Crippen LogP contribution in [0.25, 0.3) is 0 Å². The summed E-state index contributed by atoms with van der Waals surface area (Å²) in [6.07, 6.45) is 2.74. The Morgan fingerprint density at radius 2 is 2.29 bits per heavy atom. The summed E-state index contributed by atoms with van der Waals surface area (Å²) in [7, 11) is 0. The molecule has 112 valence electrons. The molecular formula is C12H13Cl2N5O2. The zero-order valence-electron chi connectivity index (χ0n) is 11.1. The lowest BCUT2D eigenvalue weighted by atomic mass is 10.2. The molecule has 0 saturated carbocycles. The van der Waals surface area contributed by atoms with Crippen LogP contribution in [0.3, 0.4) is 0 Å². The quantitative estimate of drug-likeness (QED) is 0.875. The second kappa shape index (κ2) is 6.84. The second-order valence-corrected chi connectivity index (χ2v) is 5.14. The third-order valence-corrected chi connectivity index (χ3v) is 3.15. The lowest BCUT2D eigenvalue weighted by molar-refractivity contribution is -0.116. The molecule has 0 aliphatic rings. The summed E-state index contributed by atoms with van der Waals surface area (Å²) in [5, 5.41) is 20.4. The Morgan fingerprint density at radius 1 is 1.52 bits per heavy atom. The Morgan fingerprint density at radius 3 is 2.95 bits per heavy atom. The van der Waals surface area contributed by atoms with E-state index in [0.717, 1.165) is 0 Å². The maximum absolute atomic E-state index is 11.9. The van der Waals surface area contributed by atoms with Gasteiger partial charge in [-0.3, -0.25) is 4.79 Å². The summed E-state index contributed by atoms with van der Waals surface area (Å²) in [5.41, 5.74) is 0.424. The van der Waals surface area contributed by atoms with Crippen LogP contribution >= 0.6 is 23.2 Å². The van der Waals surface area contributed by atoms with Crippen molar-refractivity contribution < 1.29 is 9.90 Å². The molecule has 0 fully saturated rings. The lowest BCUT2D eigenvalue weighted by Gasteiger charge is -2.06. The van der Waals surface area contributed by atoms with Crippen LogP contribution < -0.4 is 5.32 Å². The zero-order chi connectivity index (χ0) is 15.4. The van der Waals surface area contributed by atoms with Crippen molar-refractivity contribution in [3.63, 3.8) is 0 Å². The molecule has 1 amide bonds. The minimum absolute atomic E-state index is 0.0654. The molecule has 0 bridgehead atoms. The van der Waals surface area contributed by atoms with Crippen LogP contribution in [-0.4, -0.2) is 31.0 Å². The van der Waals surface area contributed by atoms with Crippen LogP contribution in [0, 0.1) is 0 Å². The van der Waals surface area contributed by atoms with Gasteiger partial charge in [-0.1, -0.05) is 35.3 Å². The lowest BCUT2D eigenvalue weighted by Crippen LogP contribution is -2.20. The van der Waals surface area contributed by atoms with Crippen molar-refractivity contribution in [1.82, 2.24) is 20.0 Å². The number of carbonyl (C=O) groups excluding carboxylic acids is 1. The third kappa shape index (κ3) is 4.13. The molecule has 0 aliphatic heterocycles. The molecule has 1 unspecified atom stereocenters. The van der Waals surface area contributed by atoms with Gasteiger partial charge in [-0.05, 0) is 12.5 Å². The van der Waals surface area contributed by atoms with E-state index in [1.165, 1.54) is 23.1 Å². The molecule has 0 aliphatic carbocycles. The largest absolute Gasteiger partial charge is 0.387 e. The summed E-state index contributed by atoms with van der Waals surface area (Å²) >= 11 is 11.6. The van der Waals surface area contributed by atoms with E-state index in [0.29, 0.717) is 17.1 Å². The number of nitrogens with one attached hydrogen (secondary N) is 1. The highest BCUT2D eigenvalue weighted by Crippen LogP contribution is 2.22. The highest BCUT2D eigenvalue weighted by atomic mass is 35.5. The van der Waals surface area contributed by atoms with Gasteiger partial charge >= 0.3 is 0 Å². The third-order valence-electron chi connectivity index (χ3n) is 2.66. The molecule has 1 atom stereocenters. The normalized spacial score (nSPS) is 12.2. The number of aliphatic hydroxyl groups is 1. The smallest absolute Gasteiger partial charge is 0.247 e. The van der Waals surface area contributed by atoms with Gasteiger partial charge in [-0.15, -0.1) is 5.10 Å². The average Bonchev–Trinajstić information content (AvgIpc) is 2.89. The van der Waals surface area contributed by atoms with Gasteiger partial charge in [0.1, 0.15) is 12.2 Å². The van der Waals surface area contributed by atoms with Gasteiger partial charge in [-0.25, -0.2) is 9.67 Å². The molecule has 2 aromatic heterocycles. The van der Waals surface area contributed by atoms with Crippen molar-refractivity contribution >= 4 is 34.9 Å². The molecule has 0 saturated heterocycles. The average molecular weight is 330 g/mol. The van der Waals surface area contributed by atoms with E-state index in [4.69, 9.17) is 23.2 Å². The first-order chi connectivity index (χ1) is 9.99. The first-order valence-corrected chi connectivity index (χ1v) is 6.94. The molecule has 2 aromatic rings. The molecule has 2 rings (SSSR count). The number of amides is 1. The number of carbonyl (C=O) groups is 1. The maximum Gasteiger partial charge on any atom is 0.247 e. The zero-order valence-corrected chi connectivity index (χ0v) is 12.6. The van der Waals surface area contributed by atoms with Crippen molar-refractivity contribution in [2.75, 3.05) is 5.32 Å². The summed E-state index contributed by atoms with van der Waals surface area (Å²) in [6.45, 7) is 1.76. The van der Waals surface area contributed by atoms with E-state index in [2.05, 4.69) is 20.6 Å². The van der Waals surface area contributed by atoms with Crippen LogP contribution in [-0.2, 0) is 11.3 Å². The molecule has 0 aromatic carbocycles. The van der Waals surface area contributed by atoms with Crippen LogP contribution in [0.4, 0.5) is 5.82 Å². The number of hydrogen-bond donors (Lipinski definition) is 2. The van der Waals surface area contributed by atoms with E-state index >= 15 is 0 Å². The number of aromatic nitrogens is 4. The van der Waals surface area contributed by atoms with E-state index in [-0.39, 0.29) is 23.3 Å². The molecule has 21 heavy (non-hydrogen) atoms. The maximum atomic E-state index is 11.9. The first kappa shape index (κ1) is 15.7. The highest BCUT2D eigenvalue weighted by molar-refractivity contribution is 6.36. The second-order valence-electron chi connectivity index (χ2n) is 4.30. The van der Waals surface area contributed by atoms with Gasteiger partial charge in [-0.2, -0.15) is 0 Å². The Balaban J connectivity index is 2.00. The molecule has 2 N–H and O–H groups in total. The predicted octanol–water partition coefficient (Wildman–Crippen LogP) is 2.06. The molecule has 9 heteroatoms. The van der Waals surface area contributed by atoms with Gasteiger partial charge < -0.3 is 10.4 Å². The molecule has 7 nitrogen and oxygen atoms in total. The number of halogens is 2. The molecular weight excluding hydrogens is 317 g/mol. The minimum atomic E-state index is -0.686. The number of hydrogen-bond acceptors (Lipinski definition) is 5. The van der Waals surface area contributed by atoms with Crippen molar-refractivity contribution in [3.8, 4) is 0 Å². The number of anilines is 1. The van der Waals surface area contributed by atoms with Crippen LogP contribution in [0.15, 0.2) is 18.5 Å². The Hall–Kier alpha value is -1.70. The molecule has 2 heterocycles. The van der Waals surface area contributed by atoms with Gasteiger partial charge in [0.25, 0.3) is 0 Å². The fraction of sp³-hybridized carbons (Fsp3) is 0.333. The highest BCUT2D eigenvalue weighted by Gasteiger charge is 2.13. The molecule has 0 spiro atoms. The van der Waals surface area contributed by atoms with Crippen molar-refractivity contribution in [2.45, 2.75) is 26.0 Å². The van der Waals surface area contributed by atoms with Crippen molar-refractivity contribution in [1.29, 1.82) is 0 Å². The van der Waals surface area contributed by atoms with Gasteiger partial charge in [0.2, 0.25) is 5.91 Å². The standard InChI is InChI=1S/C12H13Cl2N5O2/c1-2-10(20)9-5-19(18-17-9)6-11(21)16-12-8(14)3-7(13)4-15-12/h3-5,10,20H,2,6H2,1H3,(H,15,16,21). The van der Waals surface area contributed by atoms with E-state index in [1.54, 1.807) is 0 Å². The number of rotatable bonds is 5. The Kier molecular flexibility index (Phi) is 5.11. The van der Waals surface area contributed by atoms with Gasteiger partial charge in [0, 0.05) is 6.20 Å². The SMILES string of the molecule is CCC(O)c1cn(CC(=O)Nc2ncc(Cl)cc2Cl)nn1. The van der Waals surface area contributed by atoms with E-state index < -0.39 is 6.10 Å². The van der Waals surface area contributed by atoms with Crippen LogP contribution in [0.2, 0.25) is 10.0 Å². The summed E-state index contributed by atoms with van der Waals surface area (Å²) in [4.78, 5) is 15.8. The number of nitrogens with zero attached hydrogens (tertiary/aromatic N) is 4. The van der Waals surface area contributed by atoms with E-state index in [9.17, 15) is 9.90 Å². The summed E-state index contributed by atoms with van der Waals surface area (Å²) in [5.74, 6) is -0.144. The van der Waals surface area contributed by atoms with Crippen LogP contribution in [0.5, 0.6) is 0 Å². The fourth-order valence-electron chi connectivity index (χ4n) is 1.58. The van der Waals surface area contributed by atoms with E-state index in [1.807, 2.05) is 6.92 Å². The first-order valence-electron chi connectivity index (χ1n) is 6.18. The summed E-state index contributed by atoms with van der Waals surface area (Å²) < 4.78 is 1.33. The van der Waals surface area contributed by atoms with Gasteiger partial charge in [0.15, 0.2) is 5.82 Å². The predicted molar refractivity (Wildman–Crippen MR) is 78.2 cm³/mol. The van der Waals surface area contributed by atoms with Crippen molar-refractivity contribution in [2.24, 2.45) is 0 Å². The fourth-order valence-corrected chi connectivity index (χ4v) is 2.01. The Labute approximate surface area is 130 Å². The number of pyridine rings is 1. The Bertz CT molecular complexity index is 646. The minimum Gasteiger partial charge on any atom is -0.387 e. The van der Waals surface area contributed by atoms with Gasteiger partial charge in [0.05, 0.1) is 22.3 Å². The van der Waals surface area contributed by atoms with Crippen molar-refractivity contribution in [3.05, 3.63) is 34.2 Å². The topological polar surface area (TPSA) is 92.9 Å². The summed E-state index contributed by atoms with van der Waals surface area (Å²) in [6, 6.07) is 1.48. The monoisotopic (exact) mass is 329 g/mol. The van der Waals surface area contributed by atoms with Crippen LogP contribution in [0.1, 0.15) is 25.1 Å². The number of aliphatic hydroxyl groups excluding tert-OH is 1.